The molecule has 3 aromatic rings. The van der Waals surface area contributed by atoms with Gasteiger partial charge in [-0.3, -0.25) is 9.48 Å². The van der Waals surface area contributed by atoms with E-state index in [1.165, 1.54) is 12.1 Å². The first-order chi connectivity index (χ1) is 13.9. The Morgan fingerprint density at radius 3 is 2.41 bits per heavy atom. The molecule has 2 heterocycles. The number of amides is 1. The van der Waals surface area contributed by atoms with Crippen LogP contribution >= 0.6 is 0 Å². The normalized spacial score (nSPS) is 19.1. The Kier molecular flexibility index (Phi) is 5.20. The number of rotatable bonds is 4. The average Bonchev–Trinajstić information content (AvgIpc) is 3.33. The monoisotopic (exact) mass is 392 g/mol. The van der Waals surface area contributed by atoms with Gasteiger partial charge in [-0.15, -0.1) is 0 Å². The number of likely N-dealkylation sites (N-methyl/N-ethyl adjacent to an activating group) is 1. The van der Waals surface area contributed by atoms with E-state index < -0.39 is 0 Å². The van der Waals surface area contributed by atoms with E-state index in [-0.39, 0.29) is 23.7 Å². The maximum Gasteiger partial charge on any atom is 0.257 e. The van der Waals surface area contributed by atoms with Crippen LogP contribution in [0, 0.1) is 5.82 Å². The van der Waals surface area contributed by atoms with Gasteiger partial charge in [0.25, 0.3) is 5.91 Å². The number of hydrogen-bond acceptors (Lipinski definition) is 3. The predicted molar refractivity (Wildman–Crippen MR) is 111 cm³/mol. The van der Waals surface area contributed by atoms with E-state index in [0.29, 0.717) is 24.3 Å². The Labute approximate surface area is 170 Å². The second-order valence-electron chi connectivity index (χ2n) is 7.83. The standard InChI is InChI=1S/C23H25FN4O/c1-26(2)21-15-28(14-19(21)16-9-11-18(24)12-10-16)23(29)20-13-27(3)25-22(20)17-7-5-4-6-8-17/h4-13,19,21H,14-15H2,1-3H3/t19-,21+/m1/s1. The second-order valence-corrected chi connectivity index (χ2v) is 7.83. The molecule has 6 heteroatoms. The van der Waals surface area contributed by atoms with Crippen molar-refractivity contribution < 1.29 is 9.18 Å². The lowest BCUT2D eigenvalue weighted by Gasteiger charge is -2.25. The van der Waals surface area contributed by atoms with Crippen molar-refractivity contribution in [2.75, 3.05) is 27.2 Å². The Morgan fingerprint density at radius 2 is 1.76 bits per heavy atom. The van der Waals surface area contributed by atoms with Gasteiger partial charge in [-0.25, -0.2) is 4.39 Å². The number of likely N-dealkylation sites (tertiary alicyclic amines) is 1. The Balaban J connectivity index is 1.64. The van der Waals surface area contributed by atoms with Crippen molar-refractivity contribution in [2.45, 2.75) is 12.0 Å². The SMILES string of the molecule is CN(C)[C@H]1CN(C(=O)c2cn(C)nc2-c2ccccc2)C[C@@H]1c1ccc(F)cc1. The van der Waals surface area contributed by atoms with E-state index in [1.807, 2.05) is 68.5 Å². The number of nitrogens with zero attached hydrogens (tertiary/aromatic N) is 4. The minimum Gasteiger partial charge on any atom is -0.336 e. The molecule has 150 valence electrons. The summed E-state index contributed by atoms with van der Waals surface area (Å²) in [5.41, 5.74) is 3.28. The van der Waals surface area contributed by atoms with E-state index in [0.717, 1.165) is 11.1 Å². The third-order valence-electron chi connectivity index (χ3n) is 5.64. The fourth-order valence-corrected chi connectivity index (χ4v) is 4.14. The molecule has 2 aromatic carbocycles. The van der Waals surface area contributed by atoms with Crippen molar-refractivity contribution in [1.82, 2.24) is 19.6 Å². The zero-order valence-corrected chi connectivity index (χ0v) is 16.9. The van der Waals surface area contributed by atoms with Crippen LogP contribution in [0.3, 0.4) is 0 Å². The summed E-state index contributed by atoms with van der Waals surface area (Å²) in [6.07, 6.45) is 1.79. The zero-order valence-electron chi connectivity index (χ0n) is 16.9. The second kappa shape index (κ2) is 7.79. The minimum absolute atomic E-state index is 0.0200. The highest BCUT2D eigenvalue weighted by Crippen LogP contribution is 2.32. The average molecular weight is 392 g/mol. The van der Waals surface area contributed by atoms with Gasteiger partial charge in [-0.05, 0) is 31.8 Å². The summed E-state index contributed by atoms with van der Waals surface area (Å²) >= 11 is 0. The third-order valence-corrected chi connectivity index (χ3v) is 5.64. The molecule has 1 fully saturated rings. The molecule has 0 radical (unpaired) electrons. The van der Waals surface area contributed by atoms with Crippen LogP contribution in [0.25, 0.3) is 11.3 Å². The fraction of sp³-hybridized carbons (Fsp3) is 0.304. The summed E-state index contributed by atoms with van der Waals surface area (Å²) < 4.78 is 15.1. The van der Waals surface area contributed by atoms with Crippen molar-refractivity contribution >= 4 is 5.91 Å². The molecule has 0 bridgehead atoms. The number of hydrogen-bond donors (Lipinski definition) is 0. The van der Waals surface area contributed by atoms with Crippen LogP contribution < -0.4 is 0 Å². The smallest absolute Gasteiger partial charge is 0.257 e. The maximum atomic E-state index is 13.4. The lowest BCUT2D eigenvalue weighted by molar-refractivity contribution is 0.0783. The van der Waals surface area contributed by atoms with Crippen molar-refractivity contribution in [2.24, 2.45) is 7.05 Å². The van der Waals surface area contributed by atoms with Crippen molar-refractivity contribution in [3.05, 3.63) is 77.7 Å². The molecule has 4 rings (SSSR count). The van der Waals surface area contributed by atoms with E-state index in [1.54, 1.807) is 10.9 Å². The van der Waals surface area contributed by atoms with Gasteiger partial charge >= 0.3 is 0 Å². The molecule has 0 saturated carbocycles. The van der Waals surface area contributed by atoms with E-state index in [9.17, 15) is 9.18 Å². The number of benzene rings is 2. The lowest BCUT2D eigenvalue weighted by atomic mass is 9.94. The minimum atomic E-state index is -0.246. The molecule has 0 spiro atoms. The van der Waals surface area contributed by atoms with Gasteiger partial charge in [0.15, 0.2) is 0 Å². The first-order valence-electron chi connectivity index (χ1n) is 9.74. The zero-order chi connectivity index (χ0) is 20.5. The first-order valence-corrected chi connectivity index (χ1v) is 9.74. The number of aromatic nitrogens is 2. The molecule has 1 saturated heterocycles. The molecule has 0 unspecified atom stereocenters. The van der Waals surface area contributed by atoms with Crippen LogP contribution in [0.2, 0.25) is 0 Å². The van der Waals surface area contributed by atoms with Crippen LogP contribution in [0.15, 0.2) is 60.8 Å². The van der Waals surface area contributed by atoms with Crippen LogP contribution in [-0.4, -0.2) is 58.7 Å². The Hall–Kier alpha value is -2.99. The highest BCUT2D eigenvalue weighted by atomic mass is 19.1. The number of halogens is 1. The first kappa shape index (κ1) is 19.3. The summed E-state index contributed by atoms with van der Waals surface area (Å²) in [6, 6.07) is 16.6. The summed E-state index contributed by atoms with van der Waals surface area (Å²) in [5.74, 6) is -0.135. The summed E-state index contributed by atoms with van der Waals surface area (Å²) in [4.78, 5) is 17.5. The molecule has 5 nitrogen and oxygen atoms in total. The fourth-order valence-electron chi connectivity index (χ4n) is 4.14. The molecule has 0 aliphatic carbocycles. The van der Waals surface area contributed by atoms with Crippen LogP contribution in [0.4, 0.5) is 4.39 Å². The van der Waals surface area contributed by atoms with Gasteiger partial charge in [0.1, 0.15) is 11.5 Å². The predicted octanol–water partition coefficient (Wildman–Crippen LogP) is 3.40. The number of carbonyl (C=O) groups excluding carboxylic acids is 1. The van der Waals surface area contributed by atoms with E-state index in [4.69, 9.17) is 0 Å². The highest BCUT2D eigenvalue weighted by Gasteiger charge is 2.38. The highest BCUT2D eigenvalue weighted by molar-refractivity contribution is 6.00. The summed E-state index contributed by atoms with van der Waals surface area (Å²) in [7, 11) is 5.88. The molecule has 0 N–H and O–H groups in total. The van der Waals surface area contributed by atoms with Crippen LogP contribution in [0.5, 0.6) is 0 Å². The number of carbonyl (C=O) groups is 1. The van der Waals surface area contributed by atoms with Gasteiger partial charge in [0, 0.05) is 43.9 Å². The molecule has 1 aliphatic heterocycles. The number of aryl methyl sites for hydroxylation is 1. The van der Waals surface area contributed by atoms with Crippen molar-refractivity contribution in [1.29, 1.82) is 0 Å². The molecular weight excluding hydrogens is 367 g/mol. The topological polar surface area (TPSA) is 41.4 Å². The summed E-state index contributed by atoms with van der Waals surface area (Å²) in [5, 5.41) is 4.53. The van der Waals surface area contributed by atoms with Crippen LogP contribution in [0.1, 0.15) is 21.8 Å². The Bertz CT molecular complexity index is 997. The molecule has 29 heavy (non-hydrogen) atoms. The van der Waals surface area contributed by atoms with Gasteiger partial charge in [0.2, 0.25) is 0 Å². The molecular formula is C23H25FN4O. The lowest BCUT2D eigenvalue weighted by Crippen LogP contribution is -2.35. The van der Waals surface area contributed by atoms with E-state index >= 15 is 0 Å². The van der Waals surface area contributed by atoms with Crippen LogP contribution in [-0.2, 0) is 7.05 Å². The Morgan fingerprint density at radius 1 is 1.07 bits per heavy atom. The third kappa shape index (κ3) is 3.80. The largest absolute Gasteiger partial charge is 0.336 e. The quantitative estimate of drug-likeness (QED) is 0.683. The molecule has 1 aromatic heterocycles. The molecule has 1 aliphatic rings. The van der Waals surface area contributed by atoms with E-state index in [2.05, 4.69) is 10.00 Å². The molecule has 2 atom stereocenters. The molecule has 1 amide bonds. The maximum absolute atomic E-state index is 13.4. The van der Waals surface area contributed by atoms with Crippen molar-refractivity contribution in [3.63, 3.8) is 0 Å². The summed E-state index contributed by atoms with van der Waals surface area (Å²) in [6.45, 7) is 1.22. The van der Waals surface area contributed by atoms with Gasteiger partial charge < -0.3 is 9.80 Å². The van der Waals surface area contributed by atoms with Gasteiger partial charge in [0.05, 0.1) is 5.56 Å². The van der Waals surface area contributed by atoms with Gasteiger partial charge in [-0.2, -0.15) is 5.10 Å². The van der Waals surface area contributed by atoms with Crippen molar-refractivity contribution in [3.8, 4) is 11.3 Å². The van der Waals surface area contributed by atoms with Gasteiger partial charge in [-0.1, -0.05) is 42.5 Å².